The molecule has 2 aromatic carbocycles. The highest BCUT2D eigenvalue weighted by Gasteiger charge is 2.40. The van der Waals surface area contributed by atoms with Gasteiger partial charge in [0.2, 0.25) is 5.91 Å². The number of aliphatic carboxylic acids is 1. The number of likely N-dealkylation sites (tertiary alicyclic amines) is 1. The lowest BCUT2D eigenvalue weighted by atomic mass is 10.0. The molecular weight excluding hydrogens is 356 g/mol. The first kappa shape index (κ1) is 19.6. The van der Waals surface area contributed by atoms with E-state index >= 15 is 0 Å². The molecule has 2 amide bonds. The van der Waals surface area contributed by atoms with Crippen molar-refractivity contribution in [2.75, 3.05) is 6.54 Å². The molecule has 6 nitrogen and oxygen atoms in total. The van der Waals surface area contributed by atoms with Crippen LogP contribution in [0, 0.1) is 5.92 Å². The maximum atomic E-state index is 13.2. The zero-order chi connectivity index (χ0) is 20.1. The van der Waals surface area contributed by atoms with E-state index in [4.69, 9.17) is 0 Å². The molecule has 3 atom stereocenters. The van der Waals surface area contributed by atoms with E-state index in [0.717, 1.165) is 5.56 Å². The largest absolute Gasteiger partial charge is 0.481 e. The van der Waals surface area contributed by atoms with Gasteiger partial charge >= 0.3 is 5.97 Å². The molecule has 2 aromatic rings. The van der Waals surface area contributed by atoms with E-state index in [1.165, 1.54) is 0 Å². The predicted octanol–water partition coefficient (Wildman–Crippen LogP) is 2.35. The van der Waals surface area contributed by atoms with Crippen LogP contribution in [0.4, 0.5) is 0 Å². The first-order chi connectivity index (χ1) is 13.5. The smallest absolute Gasteiger partial charge is 0.308 e. The number of carboxylic acid groups (broad SMARTS) is 1. The second-order valence-corrected chi connectivity index (χ2v) is 7.09. The lowest BCUT2D eigenvalue weighted by molar-refractivity contribution is -0.143. The van der Waals surface area contributed by atoms with Crippen molar-refractivity contribution in [3.8, 4) is 0 Å². The Labute approximate surface area is 164 Å². The van der Waals surface area contributed by atoms with Gasteiger partial charge in [-0.25, -0.2) is 0 Å². The molecule has 0 radical (unpaired) electrons. The molecule has 1 aliphatic rings. The summed E-state index contributed by atoms with van der Waals surface area (Å²) in [5, 5.41) is 12.2. The summed E-state index contributed by atoms with van der Waals surface area (Å²) in [4.78, 5) is 38.8. The number of carbonyl (C=O) groups excluding carboxylic acids is 2. The molecule has 0 saturated carbocycles. The highest BCUT2D eigenvalue weighted by molar-refractivity contribution is 5.97. The summed E-state index contributed by atoms with van der Waals surface area (Å²) < 4.78 is 0. The van der Waals surface area contributed by atoms with Crippen LogP contribution in [0.25, 0.3) is 0 Å². The normalized spacial score (nSPS) is 19.8. The summed E-state index contributed by atoms with van der Waals surface area (Å²) in [5.41, 5.74) is 1.40. The monoisotopic (exact) mass is 380 g/mol. The van der Waals surface area contributed by atoms with Gasteiger partial charge in [-0.3, -0.25) is 14.4 Å². The molecule has 1 saturated heterocycles. The third-order valence-corrected chi connectivity index (χ3v) is 5.28. The van der Waals surface area contributed by atoms with Gasteiger partial charge in [0.25, 0.3) is 5.91 Å². The standard InChI is InChI=1S/C22H24N2O4/c1-15-18(22(27)28)12-13-24(15)21(26)19(14-16-8-4-2-5-9-16)23-20(25)17-10-6-3-7-11-17/h2-11,15,18-19H,12-14H2,1H3,(H,23,25)(H,27,28). The van der Waals surface area contributed by atoms with Gasteiger partial charge in [0.15, 0.2) is 0 Å². The number of nitrogens with zero attached hydrogens (tertiary/aromatic N) is 1. The fourth-order valence-electron chi connectivity index (χ4n) is 3.66. The number of benzene rings is 2. The number of carbonyl (C=O) groups is 3. The van der Waals surface area contributed by atoms with E-state index in [1.54, 1.807) is 36.1 Å². The molecule has 0 aliphatic carbocycles. The van der Waals surface area contributed by atoms with Gasteiger partial charge in [-0.2, -0.15) is 0 Å². The minimum absolute atomic E-state index is 0.246. The van der Waals surface area contributed by atoms with Crippen LogP contribution in [0.3, 0.4) is 0 Å². The molecule has 0 spiro atoms. The van der Waals surface area contributed by atoms with E-state index in [9.17, 15) is 19.5 Å². The Morgan fingerprint density at radius 1 is 1.07 bits per heavy atom. The Bertz CT molecular complexity index is 838. The average molecular weight is 380 g/mol. The van der Waals surface area contributed by atoms with Crippen LogP contribution in [0.5, 0.6) is 0 Å². The summed E-state index contributed by atoms with van der Waals surface area (Å²) in [7, 11) is 0. The molecule has 0 aromatic heterocycles. The molecular formula is C22H24N2O4. The summed E-state index contributed by atoms with van der Waals surface area (Å²) in [6, 6.07) is 17.0. The zero-order valence-corrected chi connectivity index (χ0v) is 15.7. The lowest BCUT2D eigenvalue weighted by Gasteiger charge is -2.28. The van der Waals surface area contributed by atoms with Gasteiger partial charge in [-0.15, -0.1) is 0 Å². The van der Waals surface area contributed by atoms with E-state index in [1.807, 2.05) is 36.4 Å². The van der Waals surface area contributed by atoms with E-state index in [0.29, 0.717) is 24.9 Å². The molecule has 1 aliphatic heterocycles. The Morgan fingerprint density at radius 3 is 2.25 bits per heavy atom. The predicted molar refractivity (Wildman–Crippen MR) is 105 cm³/mol. The third-order valence-electron chi connectivity index (χ3n) is 5.28. The fraction of sp³-hybridized carbons (Fsp3) is 0.318. The van der Waals surface area contributed by atoms with Gasteiger partial charge in [-0.1, -0.05) is 48.5 Å². The van der Waals surface area contributed by atoms with Gasteiger partial charge in [0, 0.05) is 24.6 Å². The van der Waals surface area contributed by atoms with Crippen molar-refractivity contribution < 1.29 is 19.5 Å². The molecule has 1 heterocycles. The molecule has 1 fully saturated rings. The Balaban J connectivity index is 1.80. The molecule has 2 N–H and O–H groups in total. The minimum atomic E-state index is -0.893. The molecule has 146 valence electrons. The Kier molecular flexibility index (Phi) is 6.09. The fourth-order valence-corrected chi connectivity index (χ4v) is 3.66. The number of nitrogens with one attached hydrogen (secondary N) is 1. The van der Waals surface area contributed by atoms with Crippen LogP contribution in [0.2, 0.25) is 0 Å². The summed E-state index contributed by atoms with van der Waals surface area (Å²) >= 11 is 0. The van der Waals surface area contributed by atoms with Gasteiger partial charge in [0.05, 0.1) is 5.92 Å². The average Bonchev–Trinajstić information content (AvgIpc) is 3.10. The first-order valence-corrected chi connectivity index (χ1v) is 9.40. The maximum Gasteiger partial charge on any atom is 0.308 e. The quantitative estimate of drug-likeness (QED) is 0.805. The second kappa shape index (κ2) is 8.69. The Morgan fingerprint density at radius 2 is 1.68 bits per heavy atom. The topological polar surface area (TPSA) is 86.7 Å². The van der Waals surface area contributed by atoms with Crippen LogP contribution >= 0.6 is 0 Å². The number of carboxylic acids is 1. The van der Waals surface area contributed by atoms with Crippen molar-refractivity contribution in [3.05, 3.63) is 71.8 Å². The van der Waals surface area contributed by atoms with Crippen LogP contribution in [-0.4, -0.2) is 46.4 Å². The van der Waals surface area contributed by atoms with Gasteiger partial charge < -0.3 is 15.3 Å². The second-order valence-electron chi connectivity index (χ2n) is 7.09. The summed E-state index contributed by atoms with van der Waals surface area (Å²) in [5.74, 6) is -2.04. The third kappa shape index (κ3) is 4.39. The van der Waals surface area contributed by atoms with E-state index < -0.39 is 24.0 Å². The number of hydrogen-bond acceptors (Lipinski definition) is 3. The summed E-state index contributed by atoms with van der Waals surface area (Å²) in [6.45, 7) is 2.13. The van der Waals surface area contributed by atoms with Crippen molar-refractivity contribution in [1.29, 1.82) is 0 Å². The van der Waals surface area contributed by atoms with Crippen LogP contribution in [-0.2, 0) is 16.0 Å². The van der Waals surface area contributed by atoms with Crippen molar-refractivity contribution in [2.24, 2.45) is 5.92 Å². The van der Waals surface area contributed by atoms with E-state index in [2.05, 4.69) is 5.32 Å². The van der Waals surface area contributed by atoms with Crippen LogP contribution in [0.1, 0.15) is 29.3 Å². The number of rotatable bonds is 6. The van der Waals surface area contributed by atoms with Crippen LogP contribution < -0.4 is 5.32 Å². The Hall–Kier alpha value is -3.15. The highest BCUT2D eigenvalue weighted by atomic mass is 16.4. The number of hydrogen-bond donors (Lipinski definition) is 2. The highest BCUT2D eigenvalue weighted by Crippen LogP contribution is 2.25. The molecule has 28 heavy (non-hydrogen) atoms. The van der Waals surface area contributed by atoms with Crippen molar-refractivity contribution >= 4 is 17.8 Å². The minimum Gasteiger partial charge on any atom is -0.481 e. The molecule has 6 heteroatoms. The zero-order valence-electron chi connectivity index (χ0n) is 15.7. The number of amides is 2. The summed E-state index contributed by atoms with van der Waals surface area (Å²) in [6.07, 6.45) is 0.770. The molecule has 3 unspecified atom stereocenters. The first-order valence-electron chi connectivity index (χ1n) is 9.40. The van der Waals surface area contributed by atoms with Crippen molar-refractivity contribution in [1.82, 2.24) is 10.2 Å². The van der Waals surface area contributed by atoms with Crippen molar-refractivity contribution in [3.63, 3.8) is 0 Å². The molecule has 0 bridgehead atoms. The molecule has 3 rings (SSSR count). The van der Waals surface area contributed by atoms with Crippen molar-refractivity contribution in [2.45, 2.75) is 31.8 Å². The SMILES string of the molecule is CC1C(C(=O)O)CCN1C(=O)C(Cc1ccccc1)NC(=O)c1ccccc1. The van der Waals surface area contributed by atoms with Gasteiger partial charge in [-0.05, 0) is 31.0 Å². The lowest BCUT2D eigenvalue weighted by Crippen LogP contribution is -2.51. The van der Waals surface area contributed by atoms with Crippen LogP contribution in [0.15, 0.2) is 60.7 Å². The maximum absolute atomic E-state index is 13.2. The van der Waals surface area contributed by atoms with Gasteiger partial charge in [0.1, 0.15) is 6.04 Å². The van der Waals surface area contributed by atoms with E-state index in [-0.39, 0.29) is 11.8 Å².